The van der Waals surface area contributed by atoms with Crippen molar-refractivity contribution in [2.24, 2.45) is 5.73 Å². The van der Waals surface area contributed by atoms with Gasteiger partial charge < -0.3 is 31.1 Å². The highest BCUT2D eigenvalue weighted by Crippen LogP contribution is 2.20. The van der Waals surface area contributed by atoms with Crippen LogP contribution in [0.2, 0.25) is 6.32 Å². The molecule has 2 amide bonds. The Labute approximate surface area is 186 Å². The van der Waals surface area contributed by atoms with Crippen molar-refractivity contribution in [2.45, 2.75) is 44.0 Å². The standard InChI is InChI=1S/C20H31BF2N4O5/c22-16-5-4-15(14-17(16)23)25-19(30)27-12-10-26(11-13-27)9-3-7-20(24,18(28)29)6-1-2-8-21(31)32/h4-5,14,31-32H,1-3,6-13,24H2,(H,25,30)(H,28,29). The normalized spacial score (nSPS) is 16.5. The van der Waals surface area contributed by atoms with Gasteiger partial charge in [-0.25, -0.2) is 13.6 Å². The van der Waals surface area contributed by atoms with Crippen LogP contribution >= 0.6 is 0 Å². The van der Waals surface area contributed by atoms with Crippen LogP contribution in [0.1, 0.15) is 32.1 Å². The van der Waals surface area contributed by atoms with Crippen LogP contribution in [0.15, 0.2) is 18.2 Å². The zero-order chi connectivity index (χ0) is 23.7. The van der Waals surface area contributed by atoms with E-state index in [1.165, 1.54) is 6.07 Å². The zero-order valence-corrected chi connectivity index (χ0v) is 18.0. The van der Waals surface area contributed by atoms with Crippen molar-refractivity contribution in [3.63, 3.8) is 0 Å². The number of piperazine rings is 1. The number of carboxylic acid groups (broad SMARTS) is 1. The predicted molar refractivity (Wildman–Crippen MR) is 116 cm³/mol. The number of hydrogen-bond donors (Lipinski definition) is 5. The summed E-state index contributed by atoms with van der Waals surface area (Å²) in [5, 5.41) is 29.8. The number of carbonyl (C=O) groups excluding carboxylic acids is 1. The molecule has 1 unspecified atom stereocenters. The lowest BCUT2D eigenvalue weighted by molar-refractivity contribution is -0.144. The number of unbranched alkanes of at least 4 members (excludes halogenated alkanes) is 1. The number of aliphatic carboxylic acids is 1. The van der Waals surface area contributed by atoms with E-state index in [1.807, 2.05) is 0 Å². The number of amides is 2. The molecule has 178 valence electrons. The summed E-state index contributed by atoms with van der Waals surface area (Å²) in [5.41, 5.74) is 4.90. The van der Waals surface area contributed by atoms with E-state index in [9.17, 15) is 23.5 Å². The number of nitrogens with two attached hydrogens (primary N) is 1. The van der Waals surface area contributed by atoms with E-state index in [4.69, 9.17) is 15.8 Å². The minimum absolute atomic E-state index is 0.179. The zero-order valence-electron chi connectivity index (χ0n) is 18.0. The van der Waals surface area contributed by atoms with Gasteiger partial charge in [-0.3, -0.25) is 9.69 Å². The summed E-state index contributed by atoms with van der Waals surface area (Å²) in [6, 6.07) is 2.78. The monoisotopic (exact) mass is 456 g/mol. The number of carboxylic acids is 1. The topological polar surface area (TPSA) is 139 Å². The molecule has 1 atom stereocenters. The maximum Gasteiger partial charge on any atom is 0.451 e. The molecule has 1 heterocycles. The van der Waals surface area contributed by atoms with E-state index in [2.05, 4.69) is 10.2 Å². The van der Waals surface area contributed by atoms with Crippen molar-refractivity contribution in [3.05, 3.63) is 29.8 Å². The van der Waals surface area contributed by atoms with Gasteiger partial charge in [-0.05, 0) is 44.3 Å². The van der Waals surface area contributed by atoms with Gasteiger partial charge in [0.2, 0.25) is 0 Å². The molecular weight excluding hydrogens is 425 g/mol. The summed E-state index contributed by atoms with van der Waals surface area (Å²) in [7, 11) is -1.40. The Bertz CT molecular complexity index is 780. The van der Waals surface area contributed by atoms with Crippen LogP contribution in [0.25, 0.3) is 0 Å². The van der Waals surface area contributed by atoms with Crippen molar-refractivity contribution in [2.75, 3.05) is 38.0 Å². The fraction of sp³-hybridized carbons (Fsp3) is 0.600. The third-order valence-electron chi connectivity index (χ3n) is 5.69. The van der Waals surface area contributed by atoms with Crippen LogP contribution in [0.5, 0.6) is 0 Å². The number of hydrogen-bond acceptors (Lipinski definition) is 6. The molecule has 1 aliphatic heterocycles. The molecule has 0 spiro atoms. The van der Waals surface area contributed by atoms with Gasteiger partial charge in [0.15, 0.2) is 11.6 Å². The van der Waals surface area contributed by atoms with E-state index in [-0.39, 0.29) is 18.4 Å². The Balaban J connectivity index is 1.72. The molecule has 6 N–H and O–H groups in total. The van der Waals surface area contributed by atoms with Gasteiger partial charge in [0, 0.05) is 37.9 Å². The van der Waals surface area contributed by atoms with E-state index in [0.717, 1.165) is 12.1 Å². The molecule has 12 heteroatoms. The SMILES string of the molecule is NC(CCCCB(O)O)(CCCN1CCN(C(=O)Nc2ccc(F)c(F)c2)CC1)C(=O)O. The van der Waals surface area contributed by atoms with Crippen molar-refractivity contribution in [1.29, 1.82) is 0 Å². The maximum absolute atomic E-state index is 13.3. The molecule has 1 aromatic rings. The van der Waals surface area contributed by atoms with Gasteiger partial charge in [-0.1, -0.05) is 12.8 Å². The number of nitrogens with zero attached hydrogens (tertiary/aromatic N) is 2. The molecular formula is C20H31BF2N4O5. The summed E-state index contributed by atoms with van der Waals surface area (Å²) in [6.45, 7) is 2.74. The molecule has 32 heavy (non-hydrogen) atoms. The van der Waals surface area contributed by atoms with E-state index < -0.39 is 36.3 Å². The number of benzene rings is 1. The van der Waals surface area contributed by atoms with Crippen molar-refractivity contribution in [1.82, 2.24) is 9.80 Å². The summed E-state index contributed by atoms with van der Waals surface area (Å²) in [5.74, 6) is -3.08. The van der Waals surface area contributed by atoms with Gasteiger partial charge >= 0.3 is 19.1 Å². The summed E-state index contributed by atoms with van der Waals surface area (Å²) < 4.78 is 26.3. The van der Waals surface area contributed by atoms with Gasteiger partial charge in [0.05, 0.1) is 0 Å². The lowest BCUT2D eigenvalue weighted by Gasteiger charge is -2.35. The minimum Gasteiger partial charge on any atom is -0.480 e. The maximum atomic E-state index is 13.3. The predicted octanol–water partition coefficient (Wildman–Crippen LogP) is 1.32. The molecule has 1 saturated heterocycles. The van der Waals surface area contributed by atoms with E-state index in [0.29, 0.717) is 58.4 Å². The molecule has 0 bridgehead atoms. The Morgan fingerprint density at radius 3 is 2.31 bits per heavy atom. The smallest absolute Gasteiger partial charge is 0.451 e. The second kappa shape index (κ2) is 12.1. The van der Waals surface area contributed by atoms with Gasteiger partial charge in [0.1, 0.15) is 5.54 Å². The average molecular weight is 456 g/mol. The lowest BCUT2D eigenvalue weighted by Crippen LogP contribution is -2.51. The first kappa shape index (κ1) is 26.0. The molecule has 9 nitrogen and oxygen atoms in total. The van der Waals surface area contributed by atoms with Crippen molar-refractivity contribution < 1.29 is 33.5 Å². The van der Waals surface area contributed by atoms with Crippen molar-refractivity contribution >= 4 is 24.8 Å². The van der Waals surface area contributed by atoms with Gasteiger partial charge in [-0.15, -0.1) is 0 Å². The minimum atomic E-state index is -1.40. The quantitative estimate of drug-likeness (QED) is 0.250. The number of urea groups is 1. The average Bonchev–Trinajstić information content (AvgIpc) is 2.74. The number of nitrogens with one attached hydrogen (secondary N) is 1. The van der Waals surface area contributed by atoms with Crippen LogP contribution in [-0.2, 0) is 4.79 Å². The first-order valence-electron chi connectivity index (χ1n) is 10.7. The Morgan fingerprint density at radius 1 is 1.06 bits per heavy atom. The highest BCUT2D eigenvalue weighted by Gasteiger charge is 2.33. The first-order valence-corrected chi connectivity index (χ1v) is 10.7. The lowest BCUT2D eigenvalue weighted by atomic mass is 9.81. The van der Waals surface area contributed by atoms with Crippen molar-refractivity contribution in [3.8, 4) is 0 Å². The Morgan fingerprint density at radius 2 is 1.72 bits per heavy atom. The summed E-state index contributed by atoms with van der Waals surface area (Å²) in [4.78, 5) is 27.6. The number of anilines is 1. The van der Waals surface area contributed by atoms with Crippen LogP contribution in [0.4, 0.5) is 19.3 Å². The van der Waals surface area contributed by atoms with Gasteiger partial charge in [0.25, 0.3) is 0 Å². The summed E-state index contributed by atoms with van der Waals surface area (Å²) in [6.07, 6.45) is 2.29. The van der Waals surface area contributed by atoms with Crippen LogP contribution in [-0.4, -0.2) is 82.3 Å². The molecule has 1 aliphatic rings. The van der Waals surface area contributed by atoms with Gasteiger partial charge in [-0.2, -0.15) is 0 Å². The second-order valence-electron chi connectivity index (χ2n) is 8.18. The third kappa shape index (κ3) is 8.01. The molecule has 0 saturated carbocycles. The van der Waals surface area contributed by atoms with Crippen LogP contribution in [0.3, 0.4) is 0 Å². The number of rotatable bonds is 11. The first-order chi connectivity index (χ1) is 15.1. The molecule has 0 aliphatic carbocycles. The van der Waals surface area contributed by atoms with Crippen LogP contribution < -0.4 is 11.1 Å². The third-order valence-corrected chi connectivity index (χ3v) is 5.69. The van der Waals surface area contributed by atoms with E-state index in [1.54, 1.807) is 4.90 Å². The molecule has 1 fully saturated rings. The largest absolute Gasteiger partial charge is 0.480 e. The molecule has 0 radical (unpaired) electrons. The number of carbonyl (C=O) groups is 2. The fourth-order valence-corrected chi connectivity index (χ4v) is 3.68. The van der Waals surface area contributed by atoms with Crippen LogP contribution in [0, 0.1) is 11.6 Å². The highest BCUT2D eigenvalue weighted by atomic mass is 19.2. The van der Waals surface area contributed by atoms with E-state index >= 15 is 0 Å². The molecule has 0 aromatic heterocycles. The molecule has 2 rings (SSSR count). The Hall–Kier alpha value is -2.28. The second-order valence-corrected chi connectivity index (χ2v) is 8.18. The highest BCUT2D eigenvalue weighted by molar-refractivity contribution is 6.40. The Kier molecular flexibility index (Phi) is 9.82. The number of halogens is 2. The summed E-state index contributed by atoms with van der Waals surface area (Å²) >= 11 is 0. The fourth-order valence-electron chi connectivity index (χ4n) is 3.68. The molecule has 1 aromatic carbocycles.